The summed E-state index contributed by atoms with van der Waals surface area (Å²) in [5.41, 5.74) is 0. The van der Waals surface area contributed by atoms with Gasteiger partial charge >= 0.3 is 0 Å². The summed E-state index contributed by atoms with van der Waals surface area (Å²) in [6, 6.07) is 0. The summed E-state index contributed by atoms with van der Waals surface area (Å²) < 4.78 is 1.18. The minimum absolute atomic E-state index is 0.455. The van der Waals surface area contributed by atoms with Crippen molar-refractivity contribution >= 4 is 90.4 Å². The van der Waals surface area contributed by atoms with E-state index in [1.807, 2.05) is 0 Å². The fourth-order valence-corrected chi connectivity index (χ4v) is 1.04. The number of halogens is 4. The molecule has 0 saturated carbocycles. The van der Waals surface area contributed by atoms with E-state index in [0.717, 1.165) is 1.93 Å². The van der Waals surface area contributed by atoms with Gasteiger partial charge in [-0.15, -0.1) is 0 Å². The van der Waals surface area contributed by atoms with Gasteiger partial charge in [0.1, 0.15) is 0 Å². The summed E-state index contributed by atoms with van der Waals surface area (Å²) in [7, 11) is 0. The molecule has 4 heteroatoms. The molecule has 0 amide bonds. The quantitative estimate of drug-likeness (QED) is 0.351. The van der Waals surface area contributed by atoms with Gasteiger partial charge in [0.2, 0.25) is 0 Å². The van der Waals surface area contributed by atoms with E-state index in [1.54, 1.807) is 0 Å². The van der Waals surface area contributed by atoms with E-state index < -0.39 is 0 Å². The van der Waals surface area contributed by atoms with Gasteiger partial charge in [0.05, 0.1) is 3.36 Å². The van der Waals surface area contributed by atoms with Gasteiger partial charge in [0.25, 0.3) is 0 Å². The molecule has 0 atom stereocenters. The Balaban J connectivity index is 3.71. The maximum atomic E-state index is 2.50. The molecule has 0 fully saturated rings. The number of hydrogen-bond donors (Lipinski definition) is 0. The molecule has 8 heavy (non-hydrogen) atoms. The highest BCUT2D eigenvalue weighted by atomic mass is 127. The lowest BCUT2D eigenvalue weighted by molar-refractivity contribution is 0.922. The van der Waals surface area contributed by atoms with E-state index in [2.05, 4.69) is 97.3 Å². The van der Waals surface area contributed by atoms with Gasteiger partial charge in [-0.25, -0.2) is 0 Å². The van der Waals surface area contributed by atoms with Crippen molar-refractivity contribution in [3.63, 3.8) is 0 Å². The first-order valence-electron chi connectivity index (χ1n) is 2.16. The standard InChI is InChI=1S/C4H6I4/c1-2-4(7,8)3(5)6/h3H,2H2,1H3. The third-order valence-corrected chi connectivity index (χ3v) is 10.5. The molecule has 0 unspecified atom stereocenters. The van der Waals surface area contributed by atoms with E-state index in [1.165, 1.54) is 6.42 Å². The van der Waals surface area contributed by atoms with Crippen molar-refractivity contribution in [1.29, 1.82) is 0 Å². The Morgan fingerprint density at radius 1 is 1.38 bits per heavy atom. The number of alkyl halides is 4. The fourth-order valence-electron chi connectivity index (χ4n) is 0.154. The van der Waals surface area contributed by atoms with Crippen molar-refractivity contribution in [2.45, 2.75) is 16.7 Å². The van der Waals surface area contributed by atoms with Crippen LogP contribution in [-0.4, -0.2) is 3.36 Å². The predicted octanol–water partition coefficient (Wildman–Crippen LogP) is 4.16. The van der Waals surface area contributed by atoms with Crippen LogP contribution in [0.2, 0.25) is 0 Å². The Bertz CT molecular complexity index is 68.4. The lowest BCUT2D eigenvalue weighted by Gasteiger charge is -2.19. The second-order valence-corrected chi connectivity index (χ2v) is 12.2. The summed E-state index contributed by atoms with van der Waals surface area (Å²) in [5.74, 6) is 0. The Morgan fingerprint density at radius 2 is 1.75 bits per heavy atom. The summed E-state index contributed by atoms with van der Waals surface area (Å²) in [5, 5.41) is 0. The first-order valence-corrected chi connectivity index (χ1v) is 6.81. The van der Waals surface area contributed by atoms with Crippen LogP contribution < -0.4 is 0 Å². The molecular weight excluding hydrogens is 556 g/mol. The summed E-state index contributed by atoms with van der Waals surface area (Å²) in [4.78, 5) is 0. The number of hydrogen-bond acceptors (Lipinski definition) is 0. The molecule has 0 aliphatic heterocycles. The van der Waals surface area contributed by atoms with Gasteiger partial charge in [-0.3, -0.25) is 0 Å². The molecule has 0 aromatic rings. The summed E-state index contributed by atoms with van der Waals surface area (Å²) >= 11 is 9.92. The zero-order valence-corrected chi connectivity index (χ0v) is 12.9. The van der Waals surface area contributed by atoms with E-state index in [-0.39, 0.29) is 0 Å². The average Bonchev–Trinajstić information content (AvgIpc) is 1.67. The SMILES string of the molecule is CCC(I)(I)C(I)I. The molecule has 0 spiro atoms. The Kier molecular flexibility index (Phi) is 6.45. The molecular formula is C4H6I4. The first kappa shape index (κ1) is 10.9. The Hall–Kier alpha value is 2.92. The van der Waals surface area contributed by atoms with Crippen LogP contribution in [0.1, 0.15) is 13.3 Å². The Labute approximate surface area is 105 Å². The molecule has 0 bridgehead atoms. The van der Waals surface area contributed by atoms with Gasteiger partial charge < -0.3 is 0 Å². The van der Waals surface area contributed by atoms with E-state index in [0.29, 0.717) is 1.43 Å². The minimum Gasteiger partial charge on any atom is -0.0686 e. The molecule has 0 aliphatic rings. The van der Waals surface area contributed by atoms with Gasteiger partial charge in [0, 0.05) is 0 Å². The van der Waals surface area contributed by atoms with Crippen LogP contribution in [-0.2, 0) is 0 Å². The minimum atomic E-state index is 0.455. The van der Waals surface area contributed by atoms with Crippen molar-refractivity contribution in [2.75, 3.05) is 0 Å². The van der Waals surface area contributed by atoms with Crippen LogP contribution in [0.4, 0.5) is 0 Å². The predicted molar refractivity (Wildman–Crippen MR) is 72.9 cm³/mol. The zero-order valence-electron chi connectivity index (χ0n) is 4.30. The van der Waals surface area contributed by atoms with Crippen LogP contribution in [0.15, 0.2) is 0 Å². The normalized spacial score (nSPS) is 12.8. The molecule has 0 saturated heterocycles. The molecule has 0 aromatic carbocycles. The van der Waals surface area contributed by atoms with Crippen molar-refractivity contribution < 1.29 is 0 Å². The van der Waals surface area contributed by atoms with Crippen LogP contribution >= 0.6 is 90.4 Å². The highest BCUT2D eigenvalue weighted by molar-refractivity contribution is 14.2. The van der Waals surface area contributed by atoms with Crippen molar-refractivity contribution in [2.24, 2.45) is 0 Å². The molecule has 0 radical (unpaired) electrons. The first-order chi connectivity index (χ1) is 3.50. The second-order valence-electron chi connectivity index (χ2n) is 1.42. The highest BCUT2D eigenvalue weighted by Crippen LogP contribution is 2.42. The molecule has 0 N–H and O–H groups in total. The molecule has 0 rings (SSSR count). The number of rotatable bonds is 2. The third kappa shape index (κ3) is 3.94. The lowest BCUT2D eigenvalue weighted by atomic mass is 10.4. The Morgan fingerprint density at radius 3 is 1.75 bits per heavy atom. The maximum absolute atomic E-state index is 2.50. The largest absolute Gasteiger partial charge is 0.0938 e. The zero-order chi connectivity index (χ0) is 6.78. The summed E-state index contributed by atoms with van der Waals surface area (Å²) in [6.07, 6.45) is 1.24. The fraction of sp³-hybridized carbons (Fsp3) is 1.00. The second kappa shape index (κ2) is 4.73. The van der Waals surface area contributed by atoms with E-state index in [9.17, 15) is 0 Å². The highest BCUT2D eigenvalue weighted by Gasteiger charge is 2.26. The molecule has 50 valence electrons. The third-order valence-electron chi connectivity index (χ3n) is 0.791. The van der Waals surface area contributed by atoms with E-state index in [4.69, 9.17) is 0 Å². The molecule has 0 heterocycles. The van der Waals surface area contributed by atoms with E-state index >= 15 is 0 Å². The summed E-state index contributed by atoms with van der Waals surface area (Å²) in [6.45, 7) is 2.23. The van der Waals surface area contributed by atoms with Crippen molar-refractivity contribution in [3.8, 4) is 0 Å². The van der Waals surface area contributed by atoms with Crippen LogP contribution in [0.25, 0.3) is 0 Å². The van der Waals surface area contributed by atoms with Gasteiger partial charge in [-0.1, -0.05) is 97.3 Å². The smallest absolute Gasteiger partial charge is 0.0686 e. The monoisotopic (exact) mass is 562 g/mol. The van der Waals surface area contributed by atoms with Crippen LogP contribution in [0.3, 0.4) is 0 Å². The van der Waals surface area contributed by atoms with Gasteiger partial charge in [-0.2, -0.15) is 0 Å². The maximum Gasteiger partial charge on any atom is 0.0938 e. The molecule has 0 aromatic heterocycles. The van der Waals surface area contributed by atoms with Gasteiger partial charge in [0.15, 0.2) is 0 Å². The molecule has 0 aliphatic carbocycles. The van der Waals surface area contributed by atoms with Crippen LogP contribution in [0.5, 0.6) is 0 Å². The van der Waals surface area contributed by atoms with Gasteiger partial charge in [-0.05, 0) is 6.42 Å². The average molecular weight is 562 g/mol. The van der Waals surface area contributed by atoms with Crippen molar-refractivity contribution in [3.05, 3.63) is 0 Å². The lowest BCUT2D eigenvalue weighted by Crippen LogP contribution is -2.16. The van der Waals surface area contributed by atoms with Crippen molar-refractivity contribution in [1.82, 2.24) is 0 Å². The topological polar surface area (TPSA) is 0 Å². The molecule has 0 nitrogen and oxygen atoms in total. The van der Waals surface area contributed by atoms with Crippen LogP contribution in [0, 0.1) is 0 Å².